The van der Waals surface area contributed by atoms with Crippen molar-refractivity contribution in [2.45, 2.75) is 31.9 Å². The van der Waals surface area contributed by atoms with E-state index in [2.05, 4.69) is 10.00 Å². The van der Waals surface area contributed by atoms with Crippen LogP contribution in [0.15, 0.2) is 24.3 Å². The summed E-state index contributed by atoms with van der Waals surface area (Å²) in [5.41, 5.74) is 2.27. The van der Waals surface area contributed by atoms with Gasteiger partial charge >= 0.3 is 0 Å². The molecule has 0 saturated carbocycles. The predicted molar refractivity (Wildman–Crippen MR) is 87.9 cm³/mol. The van der Waals surface area contributed by atoms with Crippen molar-refractivity contribution in [3.05, 3.63) is 52.1 Å². The van der Waals surface area contributed by atoms with Crippen LogP contribution in [0.25, 0.3) is 0 Å². The SMILES string of the molecule is Cc1nn(C)c(Cl)c1C1CCCN1CC(O)c1ccccc1F. The van der Waals surface area contributed by atoms with Gasteiger partial charge in [-0.1, -0.05) is 29.8 Å². The quantitative estimate of drug-likeness (QED) is 0.929. The molecular weight excluding hydrogens is 317 g/mol. The first-order chi connectivity index (χ1) is 11.0. The summed E-state index contributed by atoms with van der Waals surface area (Å²) in [6.07, 6.45) is 1.14. The lowest BCUT2D eigenvalue weighted by molar-refractivity contribution is 0.103. The lowest BCUT2D eigenvalue weighted by atomic mass is 10.0. The van der Waals surface area contributed by atoms with Gasteiger partial charge in [-0.05, 0) is 32.4 Å². The van der Waals surface area contributed by atoms with Gasteiger partial charge in [-0.25, -0.2) is 4.39 Å². The number of hydrogen-bond acceptors (Lipinski definition) is 3. The number of halogens is 2. The summed E-state index contributed by atoms with van der Waals surface area (Å²) in [7, 11) is 1.83. The Labute approximate surface area is 140 Å². The smallest absolute Gasteiger partial charge is 0.131 e. The standard InChI is InChI=1S/C17H21ClFN3O/c1-11-16(17(18)21(2)20-11)14-8-5-9-22(14)10-15(23)12-6-3-4-7-13(12)19/h3-4,6-7,14-15,23H,5,8-10H2,1-2H3. The van der Waals surface area contributed by atoms with Crippen molar-refractivity contribution in [3.63, 3.8) is 0 Å². The van der Waals surface area contributed by atoms with E-state index < -0.39 is 6.10 Å². The number of aryl methyl sites for hydroxylation is 2. The van der Waals surface area contributed by atoms with Gasteiger partial charge in [0.2, 0.25) is 0 Å². The van der Waals surface area contributed by atoms with Crippen LogP contribution in [0.3, 0.4) is 0 Å². The van der Waals surface area contributed by atoms with Crippen LogP contribution in [0.2, 0.25) is 5.15 Å². The first-order valence-electron chi connectivity index (χ1n) is 7.84. The van der Waals surface area contributed by atoms with E-state index in [9.17, 15) is 9.50 Å². The number of β-amino-alcohol motifs (C(OH)–C–C–N with tert-alkyl or cyclic N) is 1. The summed E-state index contributed by atoms with van der Waals surface area (Å²) < 4.78 is 15.5. The van der Waals surface area contributed by atoms with Crippen molar-refractivity contribution < 1.29 is 9.50 Å². The molecule has 1 aromatic carbocycles. The third kappa shape index (κ3) is 3.13. The molecule has 124 valence electrons. The average molecular weight is 338 g/mol. The number of aromatic nitrogens is 2. The molecule has 2 heterocycles. The summed E-state index contributed by atoms with van der Waals surface area (Å²) in [4.78, 5) is 2.17. The van der Waals surface area contributed by atoms with Crippen molar-refractivity contribution in [1.29, 1.82) is 0 Å². The van der Waals surface area contributed by atoms with E-state index in [4.69, 9.17) is 11.6 Å². The monoisotopic (exact) mass is 337 g/mol. The fraction of sp³-hybridized carbons (Fsp3) is 0.471. The number of rotatable bonds is 4. The van der Waals surface area contributed by atoms with Gasteiger partial charge in [-0.15, -0.1) is 0 Å². The predicted octanol–water partition coefficient (Wildman–Crippen LogP) is 3.39. The highest BCUT2D eigenvalue weighted by Gasteiger charge is 2.32. The molecule has 0 radical (unpaired) electrons. The molecule has 1 aliphatic rings. The van der Waals surface area contributed by atoms with Crippen molar-refractivity contribution in [2.75, 3.05) is 13.1 Å². The topological polar surface area (TPSA) is 41.3 Å². The molecule has 1 N–H and O–H groups in total. The minimum atomic E-state index is -0.854. The molecule has 1 saturated heterocycles. The molecule has 2 unspecified atom stereocenters. The zero-order valence-electron chi connectivity index (χ0n) is 13.3. The second kappa shape index (κ2) is 6.59. The van der Waals surface area contributed by atoms with Crippen molar-refractivity contribution in [2.24, 2.45) is 7.05 Å². The number of aliphatic hydroxyl groups is 1. The van der Waals surface area contributed by atoms with Crippen molar-refractivity contribution >= 4 is 11.6 Å². The fourth-order valence-electron chi connectivity index (χ4n) is 3.46. The first-order valence-corrected chi connectivity index (χ1v) is 8.22. The molecule has 0 amide bonds. The maximum absolute atomic E-state index is 13.9. The van der Waals surface area contributed by atoms with E-state index in [1.165, 1.54) is 6.07 Å². The Morgan fingerprint density at radius 2 is 2.17 bits per heavy atom. The highest BCUT2D eigenvalue weighted by Crippen LogP contribution is 2.38. The minimum absolute atomic E-state index is 0.123. The van der Waals surface area contributed by atoms with E-state index in [1.54, 1.807) is 22.9 Å². The molecule has 1 aliphatic heterocycles. The second-order valence-electron chi connectivity index (χ2n) is 6.10. The lowest BCUT2D eigenvalue weighted by Gasteiger charge is -2.27. The highest BCUT2D eigenvalue weighted by molar-refractivity contribution is 6.30. The minimum Gasteiger partial charge on any atom is -0.387 e. The van der Waals surface area contributed by atoms with Crippen LogP contribution >= 0.6 is 11.6 Å². The number of nitrogens with zero attached hydrogens (tertiary/aromatic N) is 3. The summed E-state index contributed by atoms with van der Waals surface area (Å²) in [6.45, 7) is 3.20. The molecule has 2 aromatic rings. The Balaban J connectivity index is 1.81. The maximum Gasteiger partial charge on any atom is 0.131 e. The number of hydrogen-bond donors (Lipinski definition) is 1. The molecule has 0 bridgehead atoms. The normalized spacial score (nSPS) is 20.1. The summed E-state index contributed by atoms with van der Waals surface area (Å²) in [5.74, 6) is -0.369. The molecule has 23 heavy (non-hydrogen) atoms. The van der Waals surface area contributed by atoms with Gasteiger partial charge in [-0.3, -0.25) is 9.58 Å². The molecule has 1 fully saturated rings. The molecule has 3 rings (SSSR count). The van der Waals surface area contributed by atoms with Crippen LogP contribution in [0.1, 0.15) is 41.8 Å². The number of likely N-dealkylation sites (tertiary alicyclic amines) is 1. The molecule has 1 aromatic heterocycles. The Hall–Kier alpha value is -1.43. The zero-order chi connectivity index (χ0) is 16.6. The first kappa shape index (κ1) is 16.4. The largest absolute Gasteiger partial charge is 0.387 e. The van der Waals surface area contributed by atoms with E-state index in [0.717, 1.165) is 30.6 Å². The van der Waals surface area contributed by atoms with Gasteiger partial charge in [-0.2, -0.15) is 5.10 Å². The molecule has 0 spiro atoms. The van der Waals surface area contributed by atoms with Crippen LogP contribution in [0.4, 0.5) is 4.39 Å². The van der Waals surface area contributed by atoms with Gasteiger partial charge in [0.05, 0.1) is 11.8 Å². The molecule has 0 aliphatic carbocycles. The third-order valence-electron chi connectivity index (χ3n) is 4.56. The Kier molecular flexibility index (Phi) is 4.71. The average Bonchev–Trinajstić information content (AvgIpc) is 3.04. The maximum atomic E-state index is 13.9. The Morgan fingerprint density at radius 1 is 1.43 bits per heavy atom. The van der Waals surface area contributed by atoms with Crippen LogP contribution in [-0.4, -0.2) is 32.9 Å². The van der Waals surface area contributed by atoms with E-state index in [1.807, 2.05) is 14.0 Å². The van der Waals surface area contributed by atoms with Crippen molar-refractivity contribution in [1.82, 2.24) is 14.7 Å². The van der Waals surface area contributed by atoms with Gasteiger partial charge in [0.15, 0.2) is 0 Å². The fourth-order valence-corrected chi connectivity index (χ4v) is 3.76. The van der Waals surface area contributed by atoms with Crippen LogP contribution in [0, 0.1) is 12.7 Å². The Morgan fingerprint density at radius 3 is 2.83 bits per heavy atom. The van der Waals surface area contributed by atoms with Crippen LogP contribution in [-0.2, 0) is 7.05 Å². The van der Waals surface area contributed by atoms with Crippen molar-refractivity contribution in [3.8, 4) is 0 Å². The molecular formula is C17H21ClFN3O. The summed E-state index contributed by atoms with van der Waals surface area (Å²) in [6, 6.07) is 6.50. The zero-order valence-corrected chi connectivity index (χ0v) is 14.1. The summed E-state index contributed by atoms with van der Waals surface area (Å²) >= 11 is 6.39. The lowest BCUT2D eigenvalue weighted by Crippen LogP contribution is -2.29. The number of aliphatic hydroxyl groups excluding tert-OH is 1. The summed E-state index contributed by atoms with van der Waals surface area (Å²) in [5, 5.41) is 15.5. The van der Waals surface area contributed by atoms with Crippen LogP contribution in [0.5, 0.6) is 0 Å². The molecule has 6 heteroatoms. The highest BCUT2D eigenvalue weighted by atomic mass is 35.5. The van der Waals surface area contributed by atoms with E-state index >= 15 is 0 Å². The number of benzene rings is 1. The van der Waals surface area contributed by atoms with Gasteiger partial charge in [0, 0.05) is 30.8 Å². The molecule has 2 atom stereocenters. The van der Waals surface area contributed by atoms with Gasteiger partial charge in [0.1, 0.15) is 11.0 Å². The van der Waals surface area contributed by atoms with Gasteiger partial charge < -0.3 is 5.11 Å². The van der Waals surface area contributed by atoms with E-state index in [-0.39, 0.29) is 11.9 Å². The molecule has 4 nitrogen and oxygen atoms in total. The van der Waals surface area contributed by atoms with E-state index in [0.29, 0.717) is 17.3 Å². The van der Waals surface area contributed by atoms with Crippen LogP contribution < -0.4 is 0 Å². The van der Waals surface area contributed by atoms with Gasteiger partial charge in [0.25, 0.3) is 0 Å². The Bertz CT molecular complexity index is 703. The second-order valence-corrected chi connectivity index (χ2v) is 6.46. The third-order valence-corrected chi connectivity index (χ3v) is 5.01.